The topological polar surface area (TPSA) is 56.5 Å². The molecule has 0 saturated carbocycles. The Morgan fingerprint density at radius 1 is 1.57 bits per heavy atom. The Morgan fingerprint density at radius 3 is 2.64 bits per heavy atom. The Labute approximate surface area is 86.1 Å². The molecule has 2 atom stereocenters. The van der Waals surface area contributed by atoms with Gasteiger partial charge in [-0.1, -0.05) is 6.92 Å². The van der Waals surface area contributed by atoms with Gasteiger partial charge < -0.3 is 9.84 Å². The Morgan fingerprint density at radius 2 is 2.21 bits per heavy atom. The molecule has 14 heavy (non-hydrogen) atoms. The number of ether oxygens (including phenoxy) is 1. The summed E-state index contributed by atoms with van der Waals surface area (Å²) >= 11 is 0. The second-order valence-electron chi connectivity index (χ2n) is 3.47. The average molecular weight is 200 g/mol. The molecule has 0 rings (SSSR count). The Bertz CT molecular complexity index is 179. The molecular formula is C10H20N2O2. The van der Waals surface area contributed by atoms with Crippen molar-refractivity contribution in [2.24, 2.45) is 0 Å². The minimum absolute atomic E-state index is 0.228. The number of likely N-dealkylation sites (N-methyl/N-ethyl adjacent to an activating group) is 1. The molecule has 0 aromatic carbocycles. The largest absolute Gasteiger partial charge is 0.389 e. The normalized spacial score (nSPS) is 15.1. The summed E-state index contributed by atoms with van der Waals surface area (Å²) in [4.78, 5) is 2.01. The van der Waals surface area contributed by atoms with Crippen molar-refractivity contribution in [3.8, 4) is 6.07 Å². The molecule has 0 heterocycles. The maximum absolute atomic E-state index is 9.48. The summed E-state index contributed by atoms with van der Waals surface area (Å²) in [7, 11) is 3.49. The minimum atomic E-state index is -0.474. The van der Waals surface area contributed by atoms with Gasteiger partial charge in [-0.15, -0.1) is 0 Å². The first-order chi connectivity index (χ1) is 6.65. The van der Waals surface area contributed by atoms with Crippen LogP contribution in [0.25, 0.3) is 0 Å². The van der Waals surface area contributed by atoms with Crippen LogP contribution in [0.15, 0.2) is 0 Å². The van der Waals surface area contributed by atoms with Crippen molar-refractivity contribution in [3.05, 3.63) is 0 Å². The van der Waals surface area contributed by atoms with Crippen LogP contribution < -0.4 is 0 Å². The van der Waals surface area contributed by atoms with E-state index in [1.54, 1.807) is 7.11 Å². The van der Waals surface area contributed by atoms with Gasteiger partial charge in [0.15, 0.2) is 0 Å². The van der Waals surface area contributed by atoms with Crippen LogP contribution in [0.5, 0.6) is 0 Å². The van der Waals surface area contributed by atoms with E-state index in [4.69, 9.17) is 10.00 Å². The van der Waals surface area contributed by atoms with E-state index < -0.39 is 6.10 Å². The van der Waals surface area contributed by atoms with Crippen LogP contribution in [-0.4, -0.2) is 49.5 Å². The molecule has 0 aromatic heterocycles. The first kappa shape index (κ1) is 13.4. The maximum atomic E-state index is 9.48. The van der Waals surface area contributed by atoms with Crippen molar-refractivity contribution in [2.75, 3.05) is 27.3 Å². The summed E-state index contributed by atoms with van der Waals surface area (Å²) < 4.78 is 4.84. The standard InChI is InChI=1S/C10H20N2O2/c1-4-9(5-6-11)12(2)7-10(13)8-14-3/h9-10,13H,4-5,7-8H2,1-3H3. The highest BCUT2D eigenvalue weighted by Gasteiger charge is 2.15. The number of aliphatic hydroxyl groups excluding tert-OH is 1. The summed E-state index contributed by atoms with van der Waals surface area (Å²) in [6.45, 7) is 2.93. The number of hydrogen-bond acceptors (Lipinski definition) is 4. The number of methoxy groups -OCH3 is 1. The van der Waals surface area contributed by atoms with Crippen LogP contribution in [0.1, 0.15) is 19.8 Å². The van der Waals surface area contributed by atoms with Crippen molar-refractivity contribution in [3.63, 3.8) is 0 Å². The lowest BCUT2D eigenvalue weighted by molar-refractivity contribution is 0.0342. The molecule has 1 N–H and O–H groups in total. The summed E-state index contributed by atoms with van der Waals surface area (Å²) in [6, 6.07) is 2.38. The van der Waals surface area contributed by atoms with Gasteiger partial charge >= 0.3 is 0 Å². The fourth-order valence-electron chi connectivity index (χ4n) is 1.44. The lowest BCUT2D eigenvalue weighted by Crippen LogP contribution is -2.38. The van der Waals surface area contributed by atoms with Crippen LogP contribution in [0.2, 0.25) is 0 Å². The molecule has 0 aliphatic rings. The van der Waals surface area contributed by atoms with Gasteiger partial charge in [0.2, 0.25) is 0 Å². The molecule has 0 aromatic rings. The van der Waals surface area contributed by atoms with Gasteiger partial charge in [-0.25, -0.2) is 0 Å². The number of nitriles is 1. The second-order valence-corrected chi connectivity index (χ2v) is 3.47. The highest BCUT2D eigenvalue weighted by atomic mass is 16.5. The van der Waals surface area contributed by atoms with Gasteiger partial charge in [-0.05, 0) is 13.5 Å². The van der Waals surface area contributed by atoms with E-state index in [0.717, 1.165) is 6.42 Å². The van der Waals surface area contributed by atoms with Crippen LogP contribution in [0.3, 0.4) is 0 Å². The molecule has 0 radical (unpaired) electrons. The highest BCUT2D eigenvalue weighted by molar-refractivity contribution is 4.81. The minimum Gasteiger partial charge on any atom is -0.389 e. The van der Waals surface area contributed by atoms with Gasteiger partial charge in [0.1, 0.15) is 0 Å². The van der Waals surface area contributed by atoms with Crippen LogP contribution in [0.4, 0.5) is 0 Å². The third-order valence-corrected chi connectivity index (χ3v) is 2.28. The van der Waals surface area contributed by atoms with E-state index in [1.807, 2.05) is 18.9 Å². The molecular weight excluding hydrogens is 180 g/mol. The highest BCUT2D eigenvalue weighted by Crippen LogP contribution is 2.06. The third-order valence-electron chi connectivity index (χ3n) is 2.28. The van der Waals surface area contributed by atoms with E-state index in [2.05, 4.69) is 6.07 Å². The summed E-state index contributed by atoms with van der Waals surface area (Å²) in [5.74, 6) is 0. The van der Waals surface area contributed by atoms with Crippen molar-refractivity contribution in [2.45, 2.75) is 31.9 Å². The number of aliphatic hydroxyl groups is 1. The zero-order chi connectivity index (χ0) is 11.0. The van der Waals surface area contributed by atoms with E-state index in [9.17, 15) is 5.11 Å². The van der Waals surface area contributed by atoms with Crippen LogP contribution in [0, 0.1) is 11.3 Å². The first-order valence-electron chi connectivity index (χ1n) is 4.89. The maximum Gasteiger partial charge on any atom is 0.0900 e. The fraction of sp³-hybridized carbons (Fsp3) is 0.900. The Kier molecular flexibility index (Phi) is 7.40. The van der Waals surface area contributed by atoms with Crippen molar-refractivity contribution in [1.82, 2.24) is 4.90 Å². The molecule has 0 amide bonds. The summed E-state index contributed by atoms with van der Waals surface area (Å²) in [5, 5.41) is 18.1. The van der Waals surface area contributed by atoms with Gasteiger partial charge in [0.25, 0.3) is 0 Å². The molecule has 0 fully saturated rings. The zero-order valence-electron chi connectivity index (χ0n) is 9.23. The average Bonchev–Trinajstić information content (AvgIpc) is 2.14. The van der Waals surface area contributed by atoms with Crippen LogP contribution >= 0.6 is 0 Å². The molecule has 82 valence electrons. The SMILES string of the molecule is CCC(CC#N)N(C)CC(O)COC. The number of hydrogen-bond donors (Lipinski definition) is 1. The van der Waals surface area contributed by atoms with E-state index >= 15 is 0 Å². The first-order valence-corrected chi connectivity index (χ1v) is 4.89. The predicted octanol–water partition coefficient (Wildman–Crippen LogP) is 0.618. The molecule has 0 saturated heterocycles. The molecule has 0 aliphatic heterocycles. The Hall–Kier alpha value is -0.630. The zero-order valence-corrected chi connectivity index (χ0v) is 9.23. The van der Waals surface area contributed by atoms with Crippen molar-refractivity contribution < 1.29 is 9.84 Å². The lowest BCUT2D eigenvalue weighted by Gasteiger charge is -2.27. The van der Waals surface area contributed by atoms with Gasteiger partial charge in [-0.2, -0.15) is 5.26 Å². The second kappa shape index (κ2) is 7.74. The lowest BCUT2D eigenvalue weighted by atomic mass is 10.1. The molecule has 4 heteroatoms. The Balaban J connectivity index is 3.90. The van der Waals surface area contributed by atoms with E-state index in [1.165, 1.54) is 0 Å². The molecule has 0 aliphatic carbocycles. The smallest absolute Gasteiger partial charge is 0.0900 e. The monoisotopic (exact) mass is 200 g/mol. The van der Waals surface area contributed by atoms with Gasteiger partial charge in [0, 0.05) is 19.7 Å². The van der Waals surface area contributed by atoms with Crippen molar-refractivity contribution >= 4 is 0 Å². The fourth-order valence-corrected chi connectivity index (χ4v) is 1.44. The van der Waals surface area contributed by atoms with Crippen molar-refractivity contribution in [1.29, 1.82) is 5.26 Å². The molecule has 4 nitrogen and oxygen atoms in total. The quantitative estimate of drug-likeness (QED) is 0.654. The molecule has 0 bridgehead atoms. The summed E-state index contributed by atoms with van der Waals surface area (Å²) in [6.07, 6.45) is 0.953. The third kappa shape index (κ3) is 5.18. The van der Waals surface area contributed by atoms with Gasteiger partial charge in [-0.3, -0.25) is 4.90 Å². The molecule has 2 unspecified atom stereocenters. The van der Waals surface area contributed by atoms with Gasteiger partial charge in [0.05, 0.1) is 25.2 Å². The molecule has 0 spiro atoms. The number of nitrogens with zero attached hydrogens (tertiary/aromatic N) is 2. The summed E-state index contributed by atoms with van der Waals surface area (Å²) in [5.41, 5.74) is 0. The number of rotatable bonds is 7. The van der Waals surface area contributed by atoms with Crippen LogP contribution in [-0.2, 0) is 4.74 Å². The van der Waals surface area contributed by atoms with E-state index in [0.29, 0.717) is 19.6 Å². The van der Waals surface area contributed by atoms with E-state index in [-0.39, 0.29) is 6.04 Å². The predicted molar refractivity (Wildman–Crippen MR) is 54.8 cm³/mol.